The van der Waals surface area contributed by atoms with Gasteiger partial charge in [-0.3, -0.25) is 9.47 Å². The van der Waals surface area contributed by atoms with Gasteiger partial charge in [0.2, 0.25) is 0 Å². The number of carbonyl (C=O) groups excluding carboxylic acids is 1. The number of urea groups is 1. The third-order valence-corrected chi connectivity index (χ3v) is 24.9. The second-order valence-corrected chi connectivity index (χ2v) is 43.0. The molecule has 0 bridgehead atoms. The molecule has 5 fully saturated rings. The maximum atomic E-state index is 12.6. The highest BCUT2D eigenvalue weighted by Crippen LogP contribution is 2.38. The Kier molecular flexibility index (Phi) is 46.3. The zero-order valence-electron chi connectivity index (χ0n) is 82.2. The van der Waals surface area contributed by atoms with Gasteiger partial charge in [0.25, 0.3) is 0 Å². The molecule has 9 aliphatic rings. The standard InChI is InChI=1S/2C21H37N3O2S.C20H35N3O3S.C18H31N3O2S.C14H21N5O3/c1-15-22-16(24(19(2,3)4)20(5,6)7)11-12-23(15)17-14-27-18(26-17)13-25-21(8,9)10;1-15(2)10-23(11-16(3)4)19-8-9-24(18(7)22-19)20-14-27-21(26-20)13-25-12-17(5)6;1-4-7-11-22(12-8-5-2)17-10-13-23(20(24)21-17)18-16-27-19(26-18)15-25-14-9-6-3;1-12(2)21(13(3)4)16-8-9-20(15(7)19-16)17-11-24-18(23-17)10-22-14(5)6;1-8(2)21-7-12-11(17-18-15)5-13(22-12)19-6-9(3)10(4)16-14(19)20/h11-12,17-18H,1,13-14H2,2-10H3;8-9,15-17,20-21H,7,10-14H2,1-6H3;10,13,18-19H,4-9,11-12,14-16H2,1-3H3;8-9,12-14,17-18H,7,10-11H2,1-6H3;6,8,11-13H,4-5,7H2,1-3H3,(H,16,20)/t17-,18+;20-,21+;18-,19+;17-,18+;11?,12-,13-/m11111/s1. The summed E-state index contributed by atoms with van der Waals surface area (Å²) in [6, 6.07) is 2.07. The fraction of sp³-hybridized carbons (Fsp3) is 0.745. The van der Waals surface area contributed by atoms with Gasteiger partial charge in [-0.2, -0.15) is 4.98 Å². The van der Waals surface area contributed by atoms with Gasteiger partial charge in [-0.1, -0.05) is 113 Å². The monoisotopic (exact) mass is 1850 g/mol. The van der Waals surface area contributed by atoms with E-state index in [9.17, 15) is 9.59 Å². The molecule has 2 amide bonds. The predicted octanol–water partition coefficient (Wildman–Crippen LogP) is 19.6. The van der Waals surface area contributed by atoms with Crippen molar-refractivity contribution in [2.75, 3.05) is 100 Å². The summed E-state index contributed by atoms with van der Waals surface area (Å²) >= 11 is 7.06. The first-order chi connectivity index (χ1) is 59.8. The Bertz CT molecular complexity index is 3900. The number of amidine groups is 3. The number of ether oxygens (including phenoxy) is 10. The summed E-state index contributed by atoms with van der Waals surface area (Å²) in [5.41, 5.74) is 9.84. The van der Waals surface area contributed by atoms with Crippen molar-refractivity contribution in [1.29, 1.82) is 0 Å². The van der Waals surface area contributed by atoms with Crippen LogP contribution in [-0.2, 0) is 47.4 Å². The van der Waals surface area contributed by atoms with Gasteiger partial charge in [0.15, 0.2) is 0 Å². The summed E-state index contributed by atoms with van der Waals surface area (Å²) in [5.74, 6) is 11.0. The lowest BCUT2D eigenvalue weighted by Crippen LogP contribution is -2.56. The maximum Gasteiger partial charge on any atom is 0.351 e. The minimum absolute atomic E-state index is 0.0101. The SMILES string of the molecule is C=C1N=C(N(C(C)(C)C)C(C)(C)C)C=CN1[C@H]1CS[C@@H](COC(C)(C)C)O1.C=C1N=C(N(C(C)C)C(C)C)C=CN1[C@H]1CS[C@@H](COC(C)C)O1.C=C1N=C(N(CC(C)C)CC(C)C)C=CN1[C@H]1CS[C@@H](COCC(C)C)O1.C=C1NC(=O)N([C@H]2CC(N=[N+]=[N-])[C@@H](COC(C)C)O2)C=C1C.CCCCOC[C@H]1O[C@@H](n2ccc(N(CCCC)CCCC)nc2=O)CS1. The molecule has 33 heteroatoms. The summed E-state index contributed by atoms with van der Waals surface area (Å²) in [6.45, 7) is 82.2. The molecule has 10 heterocycles. The molecular weight excluding hydrogens is 1690 g/mol. The molecule has 0 aliphatic carbocycles. The van der Waals surface area contributed by atoms with E-state index >= 15 is 0 Å². The number of hydrogen-bond acceptors (Lipinski definition) is 28. The van der Waals surface area contributed by atoms with E-state index < -0.39 is 6.23 Å². The van der Waals surface area contributed by atoms with E-state index in [1.165, 1.54) is 4.90 Å². The molecule has 0 saturated carbocycles. The molecule has 10 rings (SSSR count). The Labute approximate surface area is 780 Å². The second-order valence-electron chi connectivity index (χ2n) is 38.2. The number of azide groups is 1. The lowest BCUT2D eigenvalue weighted by Gasteiger charge is -2.48. The topological polar surface area (TPSA) is 268 Å². The van der Waals surface area contributed by atoms with Gasteiger partial charge in [0, 0.05) is 134 Å². The van der Waals surface area contributed by atoms with E-state index in [0.717, 1.165) is 141 Å². The Hall–Kier alpha value is -6.01. The number of nitrogens with one attached hydrogen (secondary N) is 1. The summed E-state index contributed by atoms with van der Waals surface area (Å²) in [7, 11) is 0. The van der Waals surface area contributed by atoms with E-state index in [0.29, 0.717) is 80.8 Å². The number of aromatic nitrogens is 2. The van der Waals surface area contributed by atoms with Crippen molar-refractivity contribution in [2.24, 2.45) is 37.8 Å². The summed E-state index contributed by atoms with van der Waals surface area (Å²) < 4.78 is 60.3. The highest BCUT2D eigenvalue weighted by molar-refractivity contribution is 8.00. The van der Waals surface area contributed by atoms with Crippen LogP contribution < -0.4 is 15.9 Å². The molecule has 29 nitrogen and oxygen atoms in total. The van der Waals surface area contributed by atoms with Gasteiger partial charge >= 0.3 is 11.7 Å². The maximum absolute atomic E-state index is 12.6. The first kappa shape index (κ1) is 110. The number of aliphatic imine (C=N–C) groups is 3. The van der Waals surface area contributed by atoms with Crippen LogP contribution in [0, 0.1) is 17.8 Å². The Morgan fingerprint density at radius 1 is 0.567 bits per heavy atom. The molecule has 1 N–H and O–H groups in total. The van der Waals surface area contributed by atoms with Gasteiger partial charge in [0.05, 0.1) is 63.0 Å². The summed E-state index contributed by atoms with van der Waals surface area (Å²) in [4.78, 5) is 63.0. The van der Waals surface area contributed by atoms with Gasteiger partial charge in [-0.15, -0.1) is 47.0 Å². The van der Waals surface area contributed by atoms with Crippen LogP contribution in [0.3, 0.4) is 0 Å². The number of unbranched alkanes of at least 4 members (excludes halogenated alkanes) is 3. The van der Waals surface area contributed by atoms with E-state index in [2.05, 4.69) is 243 Å². The molecule has 0 radical (unpaired) electrons. The van der Waals surface area contributed by atoms with Gasteiger partial charge in [0.1, 0.15) is 93.7 Å². The zero-order chi connectivity index (χ0) is 94.2. The highest BCUT2D eigenvalue weighted by atomic mass is 32.2. The average molecular weight is 1850 g/mol. The smallest absolute Gasteiger partial charge is 0.351 e. The fourth-order valence-corrected chi connectivity index (χ4v) is 18.9. The molecule has 5 saturated heterocycles. The van der Waals surface area contributed by atoms with Crippen molar-refractivity contribution in [1.82, 2.24) is 49.2 Å². The lowest BCUT2D eigenvalue weighted by atomic mass is 9.95. The van der Waals surface area contributed by atoms with Crippen LogP contribution >= 0.6 is 47.0 Å². The molecule has 127 heavy (non-hydrogen) atoms. The van der Waals surface area contributed by atoms with Crippen LogP contribution in [0.4, 0.5) is 10.6 Å². The number of anilines is 1. The Morgan fingerprint density at radius 2 is 1.02 bits per heavy atom. The van der Waals surface area contributed by atoms with Gasteiger partial charge < -0.3 is 87.0 Å². The average Bonchev–Trinajstić information content (AvgIpc) is 1.53. The highest BCUT2D eigenvalue weighted by Gasteiger charge is 2.43. The lowest BCUT2D eigenvalue weighted by molar-refractivity contribution is -0.0749. The van der Waals surface area contributed by atoms with Crippen LogP contribution in [0.15, 0.2) is 135 Å². The van der Waals surface area contributed by atoms with Crippen LogP contribution in [0.2, 0.25) is 0 Å². The van der Waals surface area contributed by atoms with Gasteiger partial charge in [-0.05, 0) is 197 Å². The molecular formula is C94H161N17O12S4. The van der Waals surface area contributed by atoms with Crippen molar-refractivity contribution < 1.29 is 52.2 Å². The third-order valence-electron chi connectivity index (χ3n) is 20.5. The minimum Gasteiger partial charge on any atom is -0.378 e. The van der Waals surface area contributed by atoms with Crippen LogP contribution in [0.25, 0.3) is 10.4 Å². The normalized spacial score (nSPS) is 23.8. The molecule has 1 unspecified atom stereocenters. The third kappa shape index (κ3) is 36.8. The number of nitrogens with zero attached hydrogens (tertiary/aromatic N) is 16. The first-order valence-corrected chi connectivity index (χ1v) is 50.2. The Balaban J connectivity index is 0.000000245. The number of amides is 2. The molecule has 1 aromatic rings. The minimum atomic E-state index is -0.487. The number of carbonyl (C=O) groups is 1. The molecule has 0 aromatic carbocycles. The summed E-state index contributed by atoms with van der Waals surface area (Å²) in [5, 5.41) is 6.44. The van der Waals surface area contributed by atoms with Crippen molar-refractivity contribution in [3.63, 3.8) is 0 Å². The van der Waals surface area contributed by atoms with Crippen LogP contribution in [-0.4, -0.2) is 263 Å². The predicted molar refractivity (Wildman–Crippen MR) is 526 cm³/mol. The van der Waals surface area contributed by atoms with Crippen LogP contribution in [0.5, 0.6) is 0 Å². The summed E-state index contributed by atoms with van der Waals surface area (Å²) in [6.07, 6.45) is 22.1. The number of hydrogen-bond donors (Lipinski definition) is 1. The van der Waals surface area contributed by atoms with Crippen LogP contribution in [0.1, 0.15) is 238 Å². The fourth-order valence-electron chi connectivity index (χ4n) is 14.9. The van der Waals surface area contributed by atoms with E-state index in [1.807, 2.05) is 74.0 Å². The van der Waals surface area contributed by atoms with Crippen molar-refractivity contribution in [3.05, 3.63) is 131 Å². The van der Waals surface area contributed by atoms with Crippen molar-refractivity contribution >= 4 is 76.4 Å². The van der Waals surface area contributed by atoms with E-state index in [-0.39, 0.29) is 99.4 Å². The van der Waals surface area contributed by atoms with Crippen molar-refractivity contribution in [2.45, 2.75) is 338 Å². The Morgan fingerprint density at radius 3 is 1.48 bits per heavy atom. The van der Waals surface area contributed by atoms with Gasteiger partial charge in [-0.25, -0.2) is 24.6 Å². The second kappa shape index (κ2) is 53.6. The van der Waals surface area contributed by atoms with Crippen molar-refractivity contribution in [3.8, 4) is 0 Å². The molecule has 1 aromatic heterocycles. The van der Waals surface area contributed by atoms with E-state index in [1.54, 1.807) is 57.8 Å². The first-order valence-electron chi connectivity index (χ1n) is 46.0. The molecule has 9 aliphatic heterocycles. The molecule has 11 atom stereocenters. The quantitative estimate of drug-likeness (QED) is 0.0283. The largest absolute Gasteiger partial charge is 0.378 e. The number of thioether (sulfide) groups is 4. The number of rotatable bonds is 36. The van der Waals surface area contributed by atoms with E-state index in [4.69, 9.17) is 67.9 Å². The molecule has 718 valence electrons. The zero-order valence-corrected chi connectivity index (χ0v) is 85.4. The number of allylic oxidation sites excluding steroid dienone is 1. The molecule has 0 spiro atoms.